The maximum atomic E-state index is 12.8. The molecule has 1 amide bonds. The molecular weight excluding hydrogens is 268 g/mol. The molecule has 5 unspecified atom stereocenters. The highest BCUT2D eigenvalue weighted by atomic mass is 16.4. The molecule has 1 saturated carbocycles. The fourth-order valence-corrected chi connectivity index (χ4v) is 3.84. The number of rotatable bonds is 3. The van der Waals surface area contributed by atoms with E-state index in [1.807, 2.05) is 4.90 Å². The SMILES string of the molecule is CCC1CC(C(=O)O)C(C(=O)N2CC(C)N(C)C(C)C2)C1. The quantitative estimate of drug-likeness (QED) is 0.860. The number of hydrogen-bond acceptors (Lipinski definition) is 3. The van der Waals surface area contributed by atoms with Crippen molar-refractivity contribution in [1.82, 2.24) is 9.80 Å². The number of carbonyl (C=O) groups is 2. The number of amides is 1. The Labute approximate surface area is 127 Å². The van der Waals surface area contributed by atoms with Gasteiger partial charge in [-0.25, -0.2) is 0 Å². The van der Waals surface area contributed by atoms with Crippen LogP contribution in [0.4, 0.5) is 0 Å². The number of likely N-dealkylation sites (N-methyl/N-ethyl adjacent to an activating group) is 1. The van der Waals surface area contributed by atoms with E-state index >= 15 is 0 Å². The lowest BCUT2D eigenvalue weighted by Crippen LogP contribution is -2.57. The molecule has 5 heteroatoms. The number of piperazine rings is 1. The molecule has 5 nitrogen and oxygen atoms in total. The summed E-state index contributed by atoms with van der Waals surface area (Å²) in [6, 6.07) is 0.647. The van der Waals surface area contributed by atoms with Gasteiger partial charge in [0, 0.05) is 25.2 Å². The van der Waals surface area contributed by atoms with Crippen molar-refractivity contribution in [3.05, 3.63) is 0 Å². The van der Waals surface area contributed by atoms with Gasteiger partial charge in [0.1, 0.15) is 0 Å². The molecule has 2 aliphatic rings. The van der Waals surface area contributed by atoms with E-state index in [1.54, 1.807) is 0 Å². The third-order valence-corrected chi connectivity index (χ3v) is 5.54. The summed E-state index contributed by atoms with van der Waals surface area (Å²) in [6.45, 7) is 7.73. The van der Waals surface area contributed by atoms with Gasteiger partial charge in [-0.15, -0.1) is 0 Å². The van der Waals surface area contributed by atoms with Crippen molar-refractivity contribution < 1.29 is 14.7 Å². The summed E-state index contributed by atoms with van der Waals surface area (Å²) in [5.41, 5.74) is 0. The molecular formula is C16H28N2O3. The summed E-state index contributed by atoms with van der Waals surface area (Å²) in [6.07, 6.45) is 2.35. The maximum absolute atomic E-state index is 12.8. The van der Waals surface area contributed by atoms with Gasteiger partial charge in [-0.3, -0.25) is 14.5 Å². The van der Waals surface area contributed by atoms with E-state index in [4.69, 9.17) is 0 Å². The number of nitrogens with zero attached hydrogens (tertiary/aromatic N) is 2. The number of aliphatic carboxylic acids is 1. The molecule has 0 aromatic carbocycles. The Balaban J connectivity index is 2.09. The van der Waals surface area contributed by atoms with Crippen LogP contribution in [0.1, 0.15) is 40.0 Å². The van der Waals surface area contributed by atoms with Crippen molar-refractivity contribution in [1.29, 1.82) is 0 Å². The van der Waals surface area contributed by atoms with Crippen LogP contribution >= 0.6 is 0 Å². The van der Waals surface area contributed by atoms with Crippen LogP contribution in [-0.2, 0) is 9.59 Å². The summed E-state index contributed by atoms with van der Waals surface area (Å²) >= 11 is 0. The number of carboxylic acid groups (broad SMARTS) is 1. The van der Waals surface area contributed by atoms with E-state index in [2.05, 4.69) is 32.7 Å². The predicted molar refractivity (Wildman–Crippen MR) is 80.9 cm³/mol. The molecule has 0 aromatic rings. The zero-order valence-electron chi connectivity index (χ0n) is 13.6. The number of hydrogen-bond donors (Lipinski definition) is 1. The van der Waals surface area contributed by atoms with Crippen LogP contribution in [0, 0.1) is 17.8 Å². The van der Waals surface area contributed by atoms with Crippen LogP contribution in [0.25, 0.3) is 0 Å². The zero-order valence-corrected chi connectivity index (χ0v) is 13.6. The molecule has 1 N–H and O–H groups in total. The molecule has 120 valence electrons. The second-order valence-electron chi connectivity index (χ2n) is 6.90. The van der Waals surface area contributed by atoms with Crippen molar-refractivity contribution in [3.8, 4) is 0 Å². The highest BCUT2D eigenvalue weighted by Crippen LogP contribution is 2.39. The van der Waals surface area contributed by atoms with E-state index in [1.165, 1.54) is 0 Å². The molecule has 5 atom stereocenters. The van der Waals surface area contributed by atoms with Crippen LogP contribution in [0.15, 0.2) is 0 Å². The van der Waals surface area contributed by atoms with Gasteiger partial charge in [0.2, 0.25) is 5.91 Å². The van der Waals surface area contributed by atoms with Gasteiger partial charge in [0.05, 0.1) is 11.8 Å². The summed E-state index contributed by atoms with van der Waals surface area (Å²) in [5, 5.41) is 9.41. The lowest BCUT2D eigenvalue weighted by Gasteiger charge is -2.43. The van der Waals surface area contributed by atoms with Gasteiger partial charge in [0.15, 0.2) is 0 Å². The summed E-state index contributed by atoms with van der Waals surface area (Å²) in [7, 11) is 2.08. The van der Waals surface area contributed by atoms with Gasteiger partial charge in [0.25, 0.3) is 0 Å². The zero-order chi connectivity index (χ0) is 15.7. The van der Waals surface area contributed by atoms with Crippen LogP contribution < -0.4 is 0 Å². The second-order valence-corrected chi connectivity index (χ2v) is 6.90. The second kappa shape index (κ2) is 6.34. The highest BCUT2D eigenvalue weighted by Gasteiger charge is 2.44. The van der Waals surface area contributed by atoms with E-state index in [0.717, 1.165) is 12.8 Å². The Bertz CT molecular complexity index is 400. The van der Waals surface area contributed by atoms with E-state index in [9.17, 15) is 14.7 Å². The topological polar surface area (TPSA) is 60.9 Å². The Morgan fingerprint density at radius 3 is 2.10 bits per heavy atom. The normalized spacial score (nSPS) is 37.7. The van der Waals surface area contributed by atoms with Gasteiger partial charge < -0.3 is 10.0 Å². The van der Waals surface area contributed by atoms with Crippen LogP contribution in [-0.4, -0.2) is 59.0 Å². The van der Waals surface area contributed by atoms with E-state index in [0.29, 0.717) is 37.5 Å². The summed E-state index contributed by atoms with van der Waals surface area (Å²) in [4.78, 5) is 28.5. The third kappa shape index (κ3) is 3.23. The van der Waals surface area contributed by atoms with Crippen molar-refractivity contribution in [3.63, 3.8) is 0 Å². The first kappa shape index (κ1) is 16.3. The summed E-state index contributed by atoms with van der Waals surface area (Å²) in [5.74, 6) is -1.19. The Hall–Kier alpha value is -1.10. The fourth-order valence-electron chi connectivity index (χ4n) is 3.84. The number of carbonyl (C=O) groups excluding carboxylic acids is 1. The van der Waals surface area contributed by atoms with Crippen LogP contribution in [0.3, 0.4) is 0 Å². The maximum Gasteiger partial charge on any atom is 0.307 e. The number of carboxylic acids is 1. The van der Waals surface area contributed by atoms with Crippen molar-refractivity contribution in [2.75, 3.05) is 20.1 Å². The molecule has 1 aliphatic heterocycles. The molecule has 0 spiro atoms. The molecule has 1 saturated heterocycles. The van der Waals surface area contributed by atoms with E-state index in [-0.39, 0.29) is 11.8 Å². The molecule has 0 aromatic heterocycles. The molecule has 2 fully saturated rings. The van der Waals surface area contributed by atoms with Gasteiger partial charge in [-0.2, -0.15) is 0 Å². The van der Waals surface area contributed by atoms with Crippen LogP contribution in [0.2, 0.25) is 0 Å². The summed E-state index contributed by atoms with van der Waals surface area (Å²) < 4.78 is 0. The lowest BCUT2D eigenvalue weighted by atomic mass is 9.93. The standard InChI is InChI=1S/C16H28N2O3/c1-5-12-6-13(14(7-12)16(20)21)15(19)18-8-10(2)17(4)11(3)9-18/h10-14H,5-9H2,1-4H3,(H,20,21). The van der Waals surface area contributed by atoms with Gasteiger partial charge in [-0.05, 0) is 39.7 Å². The smallest absolute Gasteiger partial charge is 0.307 e. The lowest BCUT2D eigenvalue weighted by molar-refractivity contribution is -0.150. The van der Waals surface area contributed by atoms with Crippen molar-refractivity contribution >= 4 is 11.9 Å². The Morgan fingerprint density at radius 1 is 1.10 bits per heavy atom. The molecule has 0 radical (unpaired) electrons. The largest absolute Gasteiger partial charge is 0.481 e. The Kier molecular flexibility index (Phi) is 4.91. The molecule has 21 heavy (non-hydrogen) atoms. The first-order chi connectivity index (χ1) is 9.85. The first-order valence-electron chi connectivity index (χ1n) is 8.08. The first-order valence-corrected chi connectivity index (χ1v) is 8.08. The average molecular weight is 296 g/mol. The molecule has 1 aliphatic carbocycles. The molecule has 2 rings (SSSR count). The van der Waals surface area contributed by atoms with Gasteiger partial charge >= 0.3 is 5.97 Å². The minimum atomic E-state index is -0.806. The monoisotopic (exact) mass is 296 g/mol. The highest BCUT2D eigenvalue weighted by molar-refractivity contribution is 5.85. The average Bonchev–Trinajstić information content (AvgIpc) is 2.87. The van der Waals surface area contributed by atoms with Crippen molar-refractivity contribution in [2.45, 2.75) is 52.1 Å². The molecule has 0 bridgehead atoms. The minimum Gasteiger partial charge on any atom is -0.481 e. The van der Waals surface area contributed by atoms with Crippen molar-refractivity contribution in [2.24, 2.45) is 17.8 Å². The predicted octanol–water partition coefficient (Wildman–Crippen LogP) is 1.67. The van der Waals surface area contributed by atoms with E-state index < -0.39 is 11.9 Å². The Morgan fingerprint density at radius 2 is 1.62 bits per heavy atom. The third-order valence-electron chi connectivity index (χ3n) is 5.54. The fraction of sp³-hybridized carbons (Fsp3) is 0.875. The van der Waals surface area contributed by atoms with Crippen LogP contribution in [0.5, 0.6) is 0 Å². The minimum absolute atomic E-state index is 0.0603. The molecule has 1 heterocycles. The van der Waals surface area contributed by atoms with Gasteiger partial charge in [-0.1, -0.05) is 13.3 Å².